The van der Waals surface area contributed by atoms with Crippen LogP contribution in [0, 0.1) is 5.92 Å². The Hall–Kier alpha value is -2.38. The van der Waals surface area contributed by atoms with Gasteiger partial charge in [-0.05, 0) is 26.2 Å². The van der Waals surface area contributed by atoms with Gasteiger partial charge in [-0.1, -0.05) is 58.3 Å². The SMILES string of the molecule is CC(=O)COCCOCCCC(=O)COCCOCCNCC(=O)CCCCCCCCCCCCC(=O)CCN1C(=O)CC(C)C1=O. The van der Waals surface area contributed by atoms with Crippen LogP contribution in [0.3, 0.4) is 0 Å². The van der Waals surface area contributed by atoms with Crippen molar-refractivity contribution < 1.29 is 47.7 Å². The summed E-state index contributed by atoms with van der Waals surface area (Å²) in [6.45, 7) is 6.97. The minimum absolute atomic E-state index is 0.0161. The van der Waals surface area contributed by atoms with Gasteiger partial charge in [0.15, 0.2) is 11.6 Å². The van der Waals surface area contributed by atoms with Crippen LogP contribution in [0.2, 0.25) is 0 Å². The second-order valence-corrected chi connectivity index (χ2v) is 12.7. The summed E-state index contributed by atoms with van der Waals surface area (Å²) < 4.78 is 21.3. The van der Waals surface area contributed by atoms with E-state index in [1.165, 1.54) is 37.5 Å². The van der Waals surface area contributed by atoms with Crippen molar-refractivity contribution in [3.05, 3.63) is 0 Å². The lowest BCUT2D eigenvalue weighted by Crippen LogP contribution is -2.32. The number of imide groups is 1. The highest BCUT2D eigenvalue weighted by Crippen LogP contribution is 2.19. The quantitative estimate of drug-likeness (QED) is 0.0756. The van der Waals surface area contributed by atoms with Gasteiger partial charge in [0.2, 0.25) is 11.8 Å². The van der Waals surface area contributed by atoms with E-state index in [1.807, 2.05) is 0 Å². The number of nitrogens with zero attached hydrogens (tertiary/aromatic N) is 1. The first-order valence-electron chi connectivity index (χ1n) is 18.1. The van der Waals surface area contributed by atoms with Gasteiger partial charge >= 0.3 is 0 Å². The molecule has 1 atom stereocenters. The molecule has 0 spiro atoms. The molecule has 0 saturated carbocycles. The summed E-state index contributed by atoms with van der Waals surface area (Å²) in [4.78, 5) is 71.7. The maximum Gasteiger partial charge on any atom is 0.232 e. The summed E-state index contributed by atoms with van der Waals surface area (Å²) in [6.07, 6.45) is 13.6. The lowest BCUT2D eigenvalue weighted by atomic mass is 10.0. The third-order valence-electron chi connectivity index (χ3n) is 8.05. The highest BCUT2D eigenvalue weighted by molar-refractivity contribution is 6.03. The highest BCUT2D eigenvalue weighted by Gasteiger charge is 2.35. The molecule has 1 unspecified atom stereocenters. The number of likely N-dealkylation sites (tertiary alicyclic amines) is 1. The Balaban J connectivity index is 1.77. The fourth-order valence-electron chi connectivity index (χ4n) is 5.25. The minimum atomic E-state index is -0.254. The van der Waals surface area contributed by atoms with E-state index in [1.54, 1.807) is 6.92 Å². The van der Waals surface area contributed by atoms with Crippen LogP contribution in [0.15, 0.2) is 0 Å². The summed E-state index contributed by atoms with van der Waals surface area (Å²) in [6, 6.07) is 0. The van der Waals surface area contributed by atoms with E-state index < -0.39 is 0 Å². The van der Waals surface area contributed by atoms with Gasteiger partial charge in [0.05, 0.1) is 39.6 Å². The second-order valence-electron chi connectivity index (χ2n) is 12.7. The van der Waals surface area contributed by atoms with Gasteiger partial charge in [-0.2, -0.15) is 0 Å². The average Bonchev–Trinajstić information content (AvgIpc) is 3.29. The summed E-state index contributed by atoms with van der Waals surface area (Å²) in [5.74, 6) is -0.221. The number of carbonyl (C=O) groups excluding carboxylic acids is 6. The van der Waals surface area contributed by atoms with Crippen LogP contribution in [0.4, 0.5) is 0 Å². The number of hydrogen-bond acceptors (Lipinski definition) is 11. The average molecular weight is 683 g/mol. The van der Waals surface area contributed by atoms with E-state index in [0.29, 0.717) is 78.4 Å². The predicted molar refractivity (Wildman–Crippen MR) is 182 cm³/mol. The van der Waals surface area contributed by atoms with E-state index in [-0.39, 0.29) is 73.5 Å². The number of hydrogen-bond donors (Lipinski definition) is 1. The number of Topliss-reactive ketones (excluding diaryl/α,β-unsaturated/α-hetero) is 4. The molecule has 1 aliphatic heterocycles. The van der Waals surface area contributed by atoms with Crippen LogP contribution in [0.25, 0.3) is 0 Å². The first-order chi connectivity index (χ1) is 23.2. The zero-order valence-corrected chi connectivity index (χ0v) is 29.7. The molecule has 0 radical (unpaired) electrons. The molecule has 0 aliphatic carbocycles. The van der Waals surface area contributed by atoms with E-state index in [0.717, 1.165) is 38.5 Å². The predicted octanol–water partition coefficient (Wildman–Crippen LogP) is 4.19. The molecule has 1 heterocycles. The number of ketones is 4. The first-order valence-corrected chi connectivity index (χ1v) is 18.1. The molecule has 0 bridgehead atoms. The summed E-state index contributed by atoms with van der Waals surface area (Å²) in [5, 5.41) is 3.11. The Morgan fingerprint density at radius 1 is 0.625 bits per heavy atom. The van der Waals surface area contributed by atoms with E-state index >= 15 is 0 Å². The lowest BCUT2D eigenvalue weighted by Gasteiger charge is -2.13. The number of nitrogens with one attached hydrogen (secondary N) is 1. The van der Waals surface area contributed by atoms with E-state index in [9.17, 15) is 28.8 Å². The van der Waals surface area contributed by atoms with Crippen LogP contribution < -0.4 is 5.32 Å². The highest BCUT2D eigenvalue weighted by atomic mass is 16.5. The molecule has 12 nitrogen and oxygen atoms in total. The second kappa shape index (κ2) is 29.5. The Labute approximate surface area is 287 Å². The molecule has 2 amide bonds. The number of amides is 2. The number of rotatable bonds is 35. The van der Waals surface area contributed by atoms with E-state index in [4.69, 9.17) is 18.9 Å². The van der Waals surface area contributed by atoms with Gasteiger partial charge in [-0.25, -0.2) is 0 Å². The summed E-state index contributed by atoms with van der Waals surface area (Å²) >= 11 is 0. The molecule has 1 aliphatic rings. The normalized spacial score (nSPS) is 14.6. The van der Waals surface area contributed by atoms with Gasteiger partial charge in [-0.3, -0.25) is 33.7 Å². The number of carbonyl (C=O) groups is 6. The fraction of sp³-hybridized carbons (Fsp3) is 0.833. The molecule has 48 heavy (non-hydrogen) atoms. The van der Waals surface area contributed by atoms with Gasteiger partial charge in [-0.15, -0.1) is 0 Å². The zero-order valence-electron chi connectivity index (χ0n) is 29.7. The number of unbranched alkanes of at least 4 members (excludes halogenated alkanes) is 9. The summed E-state index contributed by atoms with van der Waals surface area (Å²) in [7, 11) is 0. The van der Waals surface area contributed by atoms with Crippen molar-refractivity contribution in [3.8, 4) is 0 Å². The van der Waals surface area contributed by atoms with Gasteiger partial charge in [0.25, 0.3) is 0 Å². The van der Waals surface area contributed by atoms with Crippen molar-refractivity contribution in [2.45, 2.75) is 117 Å². The van der Waals surface area contributed by atoms with Crippen LogP contribution in [-0.4, -0.2) is 112 Å². The molecule has 12 heteroatoms. The maximum absolute atomic E-state index is 12.1. The smallest absolute Gasteiger partial charge is 0.232 e. The molecule has 0 aromatic heterocycles. The Morgan fingerprint density at radius 2 is 1.15 bits per heavy atom. The van der Waals surface area contributed by atoms with Crippen molar-refractivity contribution in [2.75, 3.05) is 72.5 Å². The van der Waals surface area contributed by atoms with Crippen molar-refractivity contribution in [1.29, 1.82) is 0 Å². The Kier molecular flexibility index (Phi) is 26.8. The third-order valence-corrected chi connectivity index (χ3v) is 8.05. The molecule has 1 N–H and O–H groups in total. The molecule has 1 saturated heterocycles. The van der Waals surface area contributed by atoms with Crippen molar-refractivity contribution in [3.63, 3.8) is 0 Å². The molecule has 276 valence electrons. The minimum Gasteiger partial charge on any atom is -0.379 e. The monoisotopic (exact) mass is 682 g/mol. The standard InChI is InChI=1S/C36H62N2O10/c1-30-26-35(43)38(36(30)44)19-17-32(40)14-11-9-7-5-3-4-6-8-10-12-15-33(41)27-37-18-21-46-23-25-48-29-34(42)16-13-20-45-22-24-47-28-31(2)39/h30,37H,3-29H2,1-2H3. The molecule has 0 aromatic rings. The van der Waals surface area contributed by atoms with Crippen LogP contribution >= 0.6 is 0 Å². The van der Waals surface area contributed by atoms with Crippen LogP contribution in [-0.2, 0) is 47.7 Å². The first kappa shape index (κ1) is 43.6. The maximum atomic E-state index is 12.1. The molecular formula is C36H62N2O10. The Bertz CT molecular complexity index is 942. The molecular weight excluding hydrogens is 620 g/mol. The van der Waals surface area contributed by atoms with Gasteiger partial charge < -0.3 is 24.3 Å². The molecule has 1 fully saturated rings. The summed E-state index contributed by atoms with van der Waals surface area (Å²) in [5.41, 5.74) is 0. The van der Waals surface area contributed by atoms with Gasteiger partial charge in [0, 0.05) is 57.7 Å². The zero-order chi connectivity index (χ0) is 35.2. The van der Waals surface area contributed by atoms with Crippen molar-refractivity contribution in [1.82, 2.24) is 10.2 Å². The topological polar surface area (TPSA) is 155 Å². The van der Waals surface area contributed by atoms with Crippen LogP contribution in [0.1, 0.15) is 117 Å². The third kappa shape index (κ3) is 24.7. The lowest BCUT2D eigenvalue weighted by molar-refractivity contribution is -0.139. The van der Waals surface area contributed by atoms with Crippen molar-refractivity contribution in [2.24, 2.45) is 5.92 Å². The van der Waals surface area contributed by atoms with Crippen molar-refractivity contribution >= 4 is 34.9 Å². The van der Waals surface area contributed by atoms with E-state index in [2.05, 4.69) is 5.32 Å². The fourth-order valence-corrected chi connectivity index (χ4v) is 5.25. The Morgan fingerprint density at radius 3 is 1.73 bits per heavy atom. The van der Waals surface area contributed by atoms with Gasteiger partial charge in [0.1, 0.15) is 24.8 Å². The molecule has 0 aromatic carbocycles. The van der Waals surface area contributed by atoms with Crippen LogP contribution in [0.5, 0.6) is 0 Å². The largest absolute Gasteiger partial charge is 0.379 e. The number of ether oxygens (including phenoxy) is 4. The molecule has 1 rings (SSSR count).